The van der Waals surface area contributed by atoms with E-state index < -0.39 is 96.9 Å². The number of carbonyl (C=O) groups is 6. The summed E-state index contributed by atoms with van der Waals surface area (Å²) in [5.41, 5.74) is 1.21. The van der Waals surface area contributed by atoms with Gasteiger partial charge in [-0.3, -0.25) is 19.2 Å². The molecule has 2 heterocycles. The van der Waals surface area contributed by atoms with Crippen molar-refractivity contribution < 1.29 is 84.8 Å². The summed E-state index contributed by atoms with van der Waals surface area (Å²) in [7, 11) is 3.86. The molecule has 1 amide bonds. The summed E-state index contributed by atoms with van der Waals surface area (Å²) in [6.45, 7) is 8.47. The first kappa shape index (κ1) is 57.5. The van der Waals surface area contributed by atoms with Crippen molar-refractivity contribution in [3.63, 3.8) is 0 Å². The Morgan fingerprint density at radius 3 is 2.19 bits per heavy atom. The number of cyclic esters (lactones) is 2. The van der Waals surface area contributed by atoms with Gasteiger partial charge in [0.15, 0.2) is 35.1 Å². The van der Waals surface area contributed by atoms with Crippen LogP contribution in [0, 0.1) is 17.8 Å². The van der Waals surface area contributed by atoms with Crippen molar-refractivity contribution in [3.8, 4) is 11.5 Å². The highest BCUT2D eigenvalue weighted by Gasteiger charge is 2.42. The molecular weight excluding hydrogens is 966 g/mol. The van der Waals surface area contributed by atoms with Gasteiger partial charge in [0.25, 0.3) is 5.91 Å². The molecule has 5 rings (SSSR count). The second-order valence-electron chi connectivity index (χ2n) is 16.5. The summed E-state index contributed by atoms with van der Waals surface area (Å²) in [6.07, 6.45) is -5.25. The fourth-order valence-corrected chi connectivity index (χ4v) is 6.62. The van der Waals surface area contributed by atoms with Crippen LogP contribution in [0.1, 0.15) is 79.8 Å². The third-order valence-electron chi connectivity index (χ3n) is 10.5. The predicted molar refractivity (Wildman–Crippen MR) is 254 cm³/mol. The van der Waals surface area contributed by atoms with Crippen LogP contribution in [0.4, 0.5) is 13.2 Å². The van der Waals surface area contributed by atoms with Crippen molar-refractivity contribution in [2.45, 2.75) is 79.0 Å². The summed E-state index contributed by atoms with van der Waals surface area (Å²) < 4.78 is 75.9. The molecule has 1 aliphatic heterocycles. The zero-order valence-electron chi connectivity index (χ0n) is 41.6. The molecule has 4 atom stereocenters. The molecule has 392 valence electrons. The van der Waals surface area contributed by atoms with Gasteiger partial charge in [-0.2, -0.15) is 13.2 Å². The molecule has 0 bridgehead atoms. The van der Waals surface area contributed by atoms with E-state index >= 15 is 0 Å². The van der Waals surface area contributed by atoms with Crippen molar-refractivity contribution in [1.82, 2.24) is 10.3 Å². The molecule has 0 unspecified atom stereocenters. The van der Waals surface area contributed by atoms with Crippen LogP contribution in [0.25, 0.3) is 0 Å². The Hall–Kier alpha value is -8.04. The summed E-state index contributed by atoms with van der Waals surface area (Å²) in [6, 6.07) is 20.6. The van der Waals surface area contributed by atoms with Gasteiger partial charge in [-0.1, -0.05) is 105 Å². The monoisotopic (exact) mass is 1020 g/mol. The number of nitrogens with one attached hydrogen (secondary N) is 1. The first-order valence-corrected chi connectivity index (χ1v) is 22.6. The van der Waals surface area contributed by atoms with Crippen LogP contribution in [0.2, 0.25) is 0 Å². The summed E-state index contributed by atoms with van der Waals surface area (Å²) >= 11 is 0. The first-order chi connectivity index (χ1) is 34.7. The Kier molecular flexibility index (Phi) is 21.7. The Labute approximate surface area is 419 Å². The van der Waals surface area contributed by atoms with Gasteiger partial charge < -0.3 is 48.2 Å². The summed E-state index contributed by atoms with van der Waals surface area (Å²) in [5.74, 6) is -6.30. The average Bonchev–Trinajstić information content (AvgIpc) is 3.40. The van der Waals surface area contributed by atoms with E-state index in [9.17, 15) is 41.9 Å². The van der Waals surface area contributed by atoms with Gasteiger partial charge in [-0.25, -0.2) is 14.6 Å². The number of oxime groups is 2. The molecule has 73 heavy (non-hydrogen) atoms. The number of halogens is 3. The number of hydrogen-bond acceptors (Lipinski definition) is 18. The lowest BCUT2D eigenvalue weighted by atomic mass is 9.91. The minimum Gasteiger partial charge on any atom is -0.493 e. The largest absolute Gasteiger partial charge is 0.493 e. The van der Waals surface area contributed by atoms with Crippen LogP contribution in [0.3, 0.4) is 0 Å². The van der Waals surface area contributed by atoms with Crippen molar-refractivity contribution in [3.05, 3.63) is 125 Å². The number of carbonyl (C=O) groups excluding carboxylic acids is 6. The third kappa shape index (κ3) is 16.8. The second-order valence-corrected chi connectivity index (χ2v) is 16.5. The maximum Gasteiger partial charge on any atom is 0.416 e. The van der Waals surface area contributed by atoms with Crippen LogP contribution >= 0.6 is 0 Å². The number of esters is 5. The van der Waals surface area contributed by atoms with E-state index in [-0.39, 0.29) is 47.2 Å². The van der Waals surface area contributed by atoms with Crippen molar-refractivity contribution in [1.29, 1.82) is 0 Å². The van der Waals surface area contributed by atoms with Gasteiger partial charge in [0, 0.05) is 23.4 Å². The molecule has 0 aliphatic carbocycles. The number of ether oxygens (including phenoxy) is 7. The molecule has 19 nitrogen and oxygen atoms in total. The highest BCUT2D eigenvalue weighted by molar-refractivity contribution is 6.43. The Balaban J connectivity index is 0.000000345. The van der Waals surface area contributed by atoms with Gasteiger partial charge >= 0.3 is 36.0 Å². The molecule has 1 saturated heterocycles. The van der Waals surface area contributed by atoms with Gasteiger partial charge in [-0.05, 0) is 43.5 Å². The van der Waals surface area contributed by atoms with E-state index in [1.807, 2.05) is 18.2 Å². The fourth-order valence-electron chi connectivity index (χ4n) is 6.62. The molecule has 0 spiro atoms. The number of alkyl halides is 3. The minimum absolute atomic E-state index is 0.0484. The lowest BCUT2D eigenvalue weighted by Gasteiger charge is -2.29. The lowest BCUT2D eigenvalue weighted by Crippen LogP contribution is -2.47. The number of rotatable bonds is 18. The molecule has 1 aliphatic rings. The van der Waals surface area contributed by atoms with Crippen LogP contribution in [0.15, 0.2) is 101 Å². The van der Waals surface area contributed by atoms with Gasteiger partial charge in [-0.15, -0.1) is 0 Å². The van der Waals surface area contributed by atoms with E-state index in [0.29, 0.717) is 11.1 Å². The number of pyridine rings is 1. The first-order valence-electron chi connectivity index (χ1n) is 22.6. The highest BCUT2D eigenvalue weighted by atomic mass is 19.4. The van der Waals surface area contributed by atoms with Crippen molar-refractivity contribution in [2.75, 3.05) is 34.7 Å². The van der Waals surface area contributed by atoms with Crippen LogP contribution in [-0.2, 0) is 76.5 Å². The smallest absolute Gasteiger partial charge is 0.416 e. The quantitative estimate of drug-likeness (QED) is 0.0354. The van der Waals surface area contributed by atoms with Crippen LogP contribution < -0.4 is 14.8 Å². The van der Waals surface area contributed by atoms with Crippen LogP contribution in [0.5, 0.6) is 11.5 Å². The number of nitrogens with zero attached hydrogens (tertiary/aromatic N) is 3. The third-order valence-corrected chi connectivity index (χ3v) is 10.5. The number of methoxy groups -OCH3 is 2. The number of amides is 1. The molecule has 4 aromatic rings. The fraction of sp³-hybridized carbons (Fsp3) is 0.392. The van der Waals surface area contributed by atoms with E-state index in [2.05, 4.69) is 20.6 Å². The topological polar surface area (TPSA) is 235 Å². The van der Waals surface area contributed by atoms with E-state index in [4.69, 9.17) is 42.8 Å². The molecule has 22 heteroatoms. The predicted octanol–water partition coefficient (Wildman–Crippen LogP) is 6.81. The van der Waals surface area contributed by atoms with Gasteiger partial charge in [0.2, 0.25) is 6.79 Å². The normalized spacial score (nSPS) is 17.2. The van der Waals surface area contributed by atoms with Crippen molar-refractivity contribution in [2.24, 2.45) is 28.1 Å². The molecule has 1 fully saturated rings. The molecule has 3 aromatic carbocycles. The molecular formula is C51H57F3N4O15. The molecule has 1 aromatic heterocycles. The average molecular weight is 1020 g/mol. The maximum absolute atomic E-state index is 13.4. The Morgan fingerprint density at radius 2 is 1.55 bits per heavy atom. The zero-order valence-corrected chi connectivity index (χ0v) is 41.6. The molecule has 0 radical (unpaired) electrons. The molecule has 0 saturated carbocycles. The number of aromatic nitrogens is 1. The lowest BCUT2D eigenvalue weighted by molar-refractivity contribution is -0.176. The SMILES string of the molecule is CO/N=C(/C(=O)OC)c1ccccc1CO/N=C(\C)c1cccc(C(F)(F)F)c1.COc1ccnc(C(=O)N[C@H]2COC(=O)[C@H](Cc3ccccc3)[C@@H](OC(=O)C(C)C)[C@H](C)OC2=O)c1OCOC(=O)C(C)C. The maximum atomic E-state index is 13.4. The van der Waals surface area contributed by atoms with Crippen LogP contribution in [-0.4, -0.2) is 105 Å². The van der Waals surface area contributed by atoms with Gasteiger partial charge in [0.1, 0.15) is 32.3 Å². The van der Waals surface area contributed by atoms with Gasteiger partial charge in [0.05, 0.1) is 37.3 Å². The number of benzene rings is 3. The second kappa shape index (κ2) is 27.5. The van der Waals surface area contributed by atoms with E-state index in [1.54, 1.807) is 64.1 Å². The number of hydrogen-bond donors (Lipinski definition) is 1. The highest BCUT2D eigenvalue weighted by Crippen LogP contribution is 2.31. The Bertz CT molecular complexity index is 2610. The minimum atomic E-state index is -4.44. The van der Waals surface area contributed by atoms with E-state index in [0.717, 1.165) is 17.7 Å². The Morgan fingerprint density at radius 1 is 0.863 bits per heavy atom. The summed E-state index contributed by atoms with van der Waals surface area (Å²) in [5, 5.41) is 10.0. The molecule has 1 N–H and O–H groups in total. The standard InChI is InChI=1S/C31H38N2O11.C20H19F3N2O4/c1-17(2)28(35)42-16-41-26-23(39-6)12-13-32-24(26)27(34)33-22-15-40-30(37)21(14-20-10-8-7-9-11-20)25(19(5)43-31(22)38)44-29(36)18(3)4;1-13(14-8-6-9-16(11-14)20(21,22)23)24-29-12-15-7-4-5-10-17(15)18(25-28-3)19(26)27-2/h7-13,17-19,21-22,25H,14-16H2,1-6H3,(H,33,34);4-11H,12H2,1-3H3/b;24-13+,25-18+/t19-,21+,22-,25-;/m0./s1. The van der Waals surface area contributed by atoms with Crippen molar-refractivity contribution >= 4 is 47.2 Å². The summed E-state index contributed by atoms with van der Waals surface area (Å²) in [4.78, 5) is 90.4. The zero-order chi connectivity index (χ0) is 53.8. The van der Waals surface area contributed by atoms with E-state index in [1.165, 1.54) is 59.6 Å².